The van der Waals surface area contributed by atoms with E-state index in [1.54, 1.807) is 7.05 Å². The maximum atomic E-state index is 11.8. The lowest BCUT2D eigenvalue weighted by molar-refractivity contribution is -0.128. The standard InChI is InChI=1S/C17H36N4O.HI/c1-7-9-10-11-12-14(3)21-16(19-8-2)20-13-17(4,5)15(22)18-6;/h14H,7-13H2,1-6H3,(H,18,22)(H2,19,20,21);1H. The summed E-state index contributed by atoms with van der Waals surface area (Å²) in [6, 6.07) is 0.387. The number of carbonyl (C=O) groups excluding carboxylic acids is 1. The molecule has 0 radical (unpaired) electrons. The molecule has 0 rings (SSSR count). The number of halogens is 1. The van der Waals surface area contributed by atoms with Crippen LogP contribution in [-0.2, 0) is 4.79 Å². The summed E-state index contributed by atoms with van der Waals surface area (Å²) in [5.41, 5.74) is -0.499. The number of carbonyl (C=O) groups is 1. The third-order valence-corrected chi connectivity index (χ3v) is 3.69. The summed E-state index contributed by atoms with van der Waals surface area (Å²) in [4.78, 5) is 16.4. The molecule has 0 aromatic heterocycles. The Hall–Kier alpha value is -0.530. The smallest absolute Gasteiger partial charge is 0.227 e. The van der Waals surface area contributed by atoms with E-state index in [9.17, 15) is 4.79 Å². The Bertz CT molecular complexity index is 345. The summed E-state index contributed by atoms with van der Waals surface area (Å²) in [7, 11) is 1.66. The van der Waals surface area contributed by atoms with Crippen LogP contribution in [0.5, 0.6) is 0 Å². The van der Waals surface area contributed by atoms with E-state index in [4.69, 9.17) is 0 Å². The highest BCUT2D eigenvalue weighted by Crippen LogP contribution is 2.15. The van der Waals surface area contributed by atoms with Crippen molar-refractivity contribution in [2.24, 2.45) is 10.4 Å². The van der Waals surface area contributed by atoms with E-state index in [1.807, 2.05) is 20.8 Å². The minimum atomic E-state index is -0.499. The van der Waals surface area contributed by atoms with E-state index in [2.05, 4.69) is 34.8 Å². The molecule has 1 amide bonds. The molecule has 0 aliphatic rings. The van der Waals surface area contributed by atoms with E-state index in [0.29, 0.717) is 12.6 Å². The van der Waals surface area contributed by atoms with Crippen LogP contribution in [-0.4, -0.2) is 38.0 Å². The molecule has 0 saturated carbocycles. The fourth-order valence-corrected chi connectivity index (χ4v) is 2.19. The lowest BCUT2D eigenvalue weighted by Gasteiger charge is -2.22. The lowest BCUT2D eigenvalue weighted by atomic mass is 9.93. The SMILES string of the molecule is CCCCCCC(C)NC(=NCC(C)(C)C(=O)NC)NCC.I. The second kappa shape index (κ2) is 13.9. The van der Waals surface area contributed by atoms with Gasteiger partial charge in [-0.2, -0.15) is 0 Å². The Morgan fingerprint density at radius 3 is 2.35 bits per heavy atom. The maximum absolute atomic E-state index is 11.8. The average Bonchev–Trinajstić information content (AvgIpc) is 2.48. The van der Waals surface area contributed by atoms with E-state index in [1.165, 1.54) is 25.7 Å². The molecule has 0 aromatic carbocycles. The minimum absolute atomic E-state index is 0. The molecule has 0 heterocycles. The molecule has 0 bridgehead atoms. The fourth-order valence-electron chi connectivity index (χ4n) is 2.19. The molecular formula is C17H37IN4O. The second-order valence-corrected chi connectivity index (χ2v) is 6.55. The highest BCUT2D eigenvalue weighted by atomic mass is 127. The molecule has 23 heavy (non-hydrogen) atoms. The first-order valence-electron chi connectivity index (χ1n) is 8.64. The van der Waals surface area contributed by atoms with Crippen LogP contribution >= 0.6 is 24.0 Å². The first-order valence-corrected chi connectivity index (χ1v) is 8.64. The molecule has 1 unspecified atom stereocenters. The van der Waals surface area contributed by atoms with E-state index in [0.717, 1.165) is 18.9 Å². The molecule has 6 heteroatoms. The van der Waals surface area contributed by atoms with Gasteiger partial charge in [0, 0.05) is 19.6 Å². The van der Waals surface area contributed by atoms with Gasteiger partial charge in [0.25, 0.3) is 0 Å². The molecule has 3 N–H and O–H groups in total. The van der Waals surface area contributed by atoms with Crippen LogP contribution in [0.1, 0.15) is 66.7 Å². The van der Waals surface area contributed by atoms with Gasteiger partial charge >= 0.3 is 0 Å². The zero-order chi connectivity index (χ0) is 17.0. The van der Waals surface area contributed by atoms with Crippen molar-refractivity contribution >= 4 is 35.8 Å². The van der Waals surface area contributed by atoms with Crippen molar-refractivity contribution in [3.05, 3.63) is 0 Å². The number of aliphatic imine (C=N–C) groups is 1. The molecule has 0 fully saturated rings. The molecule has 0 aromatic rings. The predicted molar refractivity (Wildman–Crippen MR) is 111 cm³/mol. The Balaban J connectivity index is 0. The largest absolute Gasteiger partial charge is 0.359 e. The van der Waals surface area contributed by atoms with Gasteiger partial charge in [-0.25, -0.2) is 0 Å². The average molecular weight is 440 g/mol. The molecule has 138 valence electrons. The van der Waals surface area contributed by atoms with Gasteiger partial charge in [-0.3, -0.25) is 9.79 Å². The number of guanidine groups is 1. The summed E-state index contributed by atoms with van der Waals surface area (Å²) in [6.45, 7) is 11.6. The number of hydrogen-bond acceptors (Lipinski definition) is 2. The first-order chi connectivity index (χ1) is 10.4. The molecule has 5 nitrogen and oxygen atoms in total. The van der Waals surface area contributed by atoms with Gasteiger partial charge in [0.05, 0.1) is 12.0 Å². The van der Waals surface area contributed by atoms with Crippen LogP contribution in [0.3, 0.4) is 0 Å². The zero-order valence-corrected chi connectivity index (χ0v) is 18.1. The van der Waals surface area contributed by atoms with E-state index < -0.39 is 5.41 Å². The molecule has 0 spiro atoms. The van der Waals surface area contributed by atoms with Crippen molar-refractivity contribution in [3.8, 4) is 0 Å². The summed E-state index contributed by atoms with van der Waals surface area (Å²) in [6.07, 6.45) is 6.25. The first kappa shape index (κ1) is 24.7. The van der Waals surface area contributed by atoms with Gasteiger partial charge in [-0.05, 0) is 34.1 Å². The number of nitrogens with zero attached hydrogens (tertiary/aromatic N) is 1. The normalized spacial score (nSPS) is 13.0. The summed E-state index contributed by atoms with van der Waals surface area (Å²) in [5.74, 6) is 0.808. The Morgan fingerprint density at radius 1 is 1.17 bits per heavy atom. The van der Waals surface area contributed by atoms with Crippen LogP contribution in [0.4, 0.5) is 0 Å². The summed E-state index contributed by atoms with van der Waals surface area (Å²) < 4.78 is 0. The van der Waals surface area contributed by atoms with Gasteiger partial charge in [0.2, 0.25) is 5.91 Å². The molecular weight excluding hydrogens is 403 g/mol. The third kappa shape index (κ3) is 11.6. The van der Waals surface area contributed by atoms with Gasteiger partial charge in [-0.1, -0.05) is 32.6 Å². The quantitative estimate of drug-likeness (QED) is 0.211. The van der Waals surface area contributed by atoms with Crippen LogP contribution < -0.4 is 16.0 Å². The topological polar surface area (TPSA) is 65.5 Å². The predicted octanol–water partition coefficient (Wildman–Crippen LogP) is 3.29. The van der Waals surface area contributed by atoms with Crippen LogP contribution in [0, 0.1) is 5.41 Å². The van der Waals surface area contributed by atoms with Gasteiger partial charge in [0.15, 0.2) is 5.96 Å². The zero-order valence-electron chi connectivity index (χ0n) is 15.8. The molecule has 0 saturated heterocycles. The van der Waals surface area contributed by atoms with E-state index >= 15 is 0 Å². The van der Waals surface area contributed by atoms with E-state index in [-0.39, 0.29) is 29.9 Å². The Kier molecular flexibility index (Phi) is 14.9. The number of unbranched alkanes of at least 4 members (excludes halogenated alkanes) is 3. The number of nitrogens with one attached hydrogen (secondary N) is 3. The van der Waals surface area contributed by atoms with Crippen LogP contribution in [0.25, 0.3) is 0 Å². The van der Waals surface area contributed by atoms with Gasteiger partial charge in [-0.15, -0.1) is 24.0 Å². The van der Waals surface area contributed by atoms with Crippen LogP contribution in [0.2, 0.25) is 0 Å². The molecule has 1 atom stereocenters. The highest BCUT2D eigenvalue weighted by Gasteiger charge is 2.26. The monoisotopic (exact) mass is 440 g/mol. The number of rotatable bonds is 10. The Labute approximate surface area is 159 Å². The van der Waals surface area contributed by atoms with Crippen molar-refractivity contribution in [2.45, 2.75) is 72.8 Å². The molecule has 0 aliphatic carbocycles. The number of hydrogen-bond donors (Lipinski definition) is 3. The van der Waals surface area contributed by atoms with Crippen molar-refractivity contribution in [1.29, 1.82) is 0 Å². The number of amides is 1. The maximum Gasteiger partial charge on any atom is 0.227 e. The minimum Gasteiger partial charge on any atom is -0.359 e. The lowest BCUT2D eigenvalue weighted by Crippen LogP contribution is -2.44. The second-order valence-electron chi connectivity index (χ2n) is 6.55. The fraction of sp³-hybridized carbons (Fsp3) is 0.882. The Morgan fingerprint density at radius 2 is 1.83 bits per heavy atom. The third-order valence-electron chi connectivity index (χ3n) is 3.69. The molecule has 0 aliphatic heterocycles. The van der Waals surface area contributed by atoms with Gasteiger partial charge in [0.1, 0.15) is 0 Å². The van der Waals surface area contributed by atoms with Crippen molar-refractivity contribution < 1.29 is 4.79 Å². The van der Waals surface area contributed by atoms with Gasteiger partial charge < -0.3 is 16.0 Å². The van der Waals surface area contributed by atoms with Crippen molar-refractivity contribution in [2.75, 3.05) is 20.1 Å². The summed E-state index contributed by atoms with van der Waals surface area (Å²) >= 11 is 0. The van der Waals surface area contributed by atoms with Crippen LogP contribution in [0.15, 0.2) is 4.99 Å². The van der Waals surface area contributed by atoms with Crippen molar-refractivity contribution in [1.82, 2.24) is 16.0 Å². The van der Waals surface area contributed by atoms with Crippen molar-refractivity contribution in [3.63, 3.8) is 0 Å². The summed E-state index contributed by atoms with van der Waals surface area (Å²) in [5, 5.41) is 9.38. The highest BCUT2D eigenvalue weighted by molar-refractivity contribution is 14.0.